The Labute approximate surface area is 247 Å². The Balaban J connectivity index is 1.31. The zero-order valence-electron chi connectivity index (χ0n) is 24.5. The number of allylic oxidation sites excluding steroid dienone is 1. The van der Waals surface area contributed by atoms with Crippen molar-refractivity contribution in [3.05, 3.63) is 90.8 Å². The standard InChI is InChI=1S/C32H39N9O/c1-6-21(3)34-24-13-11-23(12-14-24)30(42)35-26-9-8-10-27(19-26)37-32-39-31(38-29-22(7-2)20-33-41(29)32)36-25-15-17-28(18-16-25)40(4)5/h6,8-14,19-20,25,28,34H,1,3,7,15-18H2,2,4-5H3,(H,35,42)(H2,36,37,38,39). The largest absolute Gasteiger partial charge is 0.356 e. The molecule has 0 radical (unpaired) electrons. The van der Waals surface area contributed by atoms with Crippen LogP contribution in [0.4, 0.5) is 29.0 Å². The number of anilines is 5. The summed E-state index contributed by atoms with van der Waals surface area (Å²) in [5.74, 6) is 0.935. The molecule has 10 heteroatoms. The summed E-state index contributed by atoms with van der Waals surface area (Å²) in [6.07, 6.45) is 8.74. The second kappa shape index (κ2) is 12.9. The van der Waals surface area contributed by atoms with E-state index in [-0.39, 0.29) is 5.91 Å². The van der Waals surface area contributed by atoms with Crippen LogP contribution in [-0.4, -0.2) is 56.6 Å². The first-order valence-corrected chi connectivity index (χ1v) is 14.4. The van der Waals surface area contributed by atoms with Crippen molar-refractivity contribution in [2.24, 2.45) is 0 Å². The molecule has 218 valence electrons. The van der Waals surface area contributed by atoms with Crippen LogP contribution < -0.4 is 21.3 Å². The van der Waals surface area contributed by atoms with Crippen LogP contribution in [0.5, 0.6) is 0 Å². The SMILES string of the molecule is C=CC(=C)Nc1ccc(C(=O)Nc2cccc(Nc3nc(NC4CCC(N(C)C)CC4)nc4c(CC)cnn34)c2)cc1. The molecule has 1 aliphatic carbocycles. The number of rotatable bonds is 11. The molecule has 10 nitrogen and oxygen atoms in total. The minimum atomic E-state index is -0.208. The Morgan fingerprint density at radius 3 is 2.45 bits per heavy atom. The van der Waals surface area contributed by atoms with E-state index in [4.69, 9.17) is 9.97 Å². The third kappa shape index (κ3) is 6.77. The van der Waals surface area contributed by atoms with Crippen molar-refractivity contribution in [2.75, 3.05) is 35.4 Å². The lowest BCUT2D eigenvalue weighted by Gasteiger charge is -2.33. The third-order valence-corrected chi connectivity index (χ3v) is 7.66. The van der Waals surface area contributed by atoms with Gasteiger partial charge in [0.15, 0.2) is 5.65 Å². The van der Waals surface area contributed by atoms with E-state index in [1.165, 1.54) is 0 Å². The molecule has 4 aromatic rings. The van der Waals surface area contributed by atoms with Crippen LogP contribution in [0.2, 0.25) is 0 Å². The van der Waals surface area contributed by atoms with Crippen LogP contribution >= 0.6 is 0 Å². The lowest BCUT2D eigenvalue weighted by molar-refractivity contribution is 0.102. The van der Waals surface area contributed by atoms with Gasteiger partial charge in [-0.1, -0.05) is 26.1 Å². The number of aryl methyl sites for hydroxylation is 1. The summed E-state index contributed by atoms with van der Waals surface area (Å²) in [7, 11) is 4.30. The molecular formula is C32H39N9O. The molecule has 5 rings (SSSR count). The van der Waals surface area contributed by atoms with Crippen LogP contribution in [0.3, 0.4) is 0 Å². The summed E-state index contributed by atoms with van der Waals surface area (Å²) in [5.41, 5.74) is 5.31. The van der Waals surface area contributed by atoms with E-state index in [1.807, 2.05) is 42.6 Å². The van der Waals surface area contributed by atoms with Gasteiger partial charge in [0, 0.05) is 46.0 Å². The molecule has 0 spiro atoms. The molecule has 0 bridgehead atoms. The molecule has 0 aliphatic heterocycles. The van der Waals surface area contributed by atoms with Crippen LogP contribution in [0.15, 0.2) is 79.7 Å². The molecule has 0 saturated heterocycles. The van der Waals surface area contributed by atoms with E-state index in [0.717, 1.165) is 54.7 Å². The van der Waals surface area contributed by atoms with Gasteiger partial charge in [0.05, 0.1) is 6.20 Å². The van der Waals surface area contributed by atoms with Gasteiger partial charge in [-0.25, -0.2) is 0 Å². The molecule has 1 aliphatic rings. The maximum atomic E-state index is 12.9. The van der Waals surface area contributed by atoms with Crippen LogP contribution in [0, 0.1) is 0 Å². The number of carbonyl (C=O) groups is 1. The van der Waals surface area contributed by atoms with Crippen LogP contribution in [0.25, 0.3) is 5.65 Å². The van der Waals surface area contributed by atoms with Crippen molar-refractivity contribution in [3.63, 3.8) is 0 Å². The first-order chi connectivity index (χ1) is 20.3. The van der Waals surface area contributed by atoms with E-state index in [9.17, 15) is 4.79 Å². The first-order valence-electron chi connectivity index (χ1n) is 14.4. The molecular weight excluding hydrogens is 526 g/mol. The molecule has 1 saturated carbocycles. The zero-order chi connectivity index (χ0) is 29.6. The summed E-state index contributed by atoms with van der Waals surface area (Å²) in [5, 5.41) is 17.6. The Bertz CT molecular complexity index is 1570. The number of hydrogen-bond donors (Lipinski definition) is 4. The molecule has 2 aromatic carbocycles. The van der Waals surface area contributed by atoms with Gasteiger partial charge in [-0.3, -0.25) is 4.79 Å². The summed E-state index contributed by atoms with van der Waals surface area (Å²) in [6, 6.07) is 15.7. The van der Waals surface area contributed by atoms with Gasteiger partial charge in [0.2, 0.25) is 11.9 Å². The second-order valence-corrected chi connectivity index (χ2v) is 10.8. The normalized spacial score (nSPS) is 16.7. The highest BCUT2D eigenvalue weighted by Gasteiger charge is 2.23. The van der Waals surface area contributed by atoms with Gasteiger partial charge in [-0.15, -0.1) is 0 Å². The highest BCUT2D eigenvalue weighted by molar-refractivity contribution is 6.04. The summed E-state index contributed by atoms with van der Waals surface area (Å²) >= 11 is 0. The molecule has 0 unspecified atom stereocenters. The van der Waals surface area contributed by atoms with E-state index in [1.54, 1.807) is 22.7 Å². The van der Waals surface area contributed by atoms with Gasteiger partial charge in [0.1, 0.15) is 0 Å². The van der Waals surface area contributed by atoms with Gasteiger partial charge in [0.25, 0.3) is 5.91 Å². The molecule has 42 heavy (non-hydrogen) atoms. The highest BCUT2D eigenvalue weighted by atomic mass is 16.1. The van der Waals surface area contributed by atoms with Crippen molar-refractivity contribution >= 4 is 40.5 Å². The summed E-state index contributed by atoms with van der Waals surface area (Å²) in [4.78, 5) is 24.9. The third-order valence-electron chi connectivity index (χ3n) is 7.66. The molecule has 1 amide bonds. The Kier molecular flexibility index (Phi) is 8.83. The Morgan fingerprint density at radius 1 is 1.02 bits per heavy atom. The molecule has 1 fully saturated rings. The van der Waals surface area contributed by atoms with Crippen LogP contribution in [0.1, 0.15) is 48.5 Å². The number of aromatic nitrogens is 4. The number of carbonyl (C=O) groups excluding carboxylic acids is 1. The predicted molar refractivity (Wildman–Crippen MR) is 171 cm³/mol. The Hall–Kier alpha value is -4.70. The van der Waals surface area contributed by atoms with Crippen molar-refractivity contribution in [1.82, 2.24) is 24.5 Å². The number of hydrogen-bond acceptors (Lipinski definition) is 8. The number of amides is 1. The lowest BCUT2D eigenvalue weighted by Crippen LogP contribution is -2.36. The quantitative estimate of drug-likeness (QED) is 0.162. The fourth-order valence-corrected chi connectivity index (χ4v) is 5.19. The van der Waals surface area contributed by atoms with Crippen molar-refractivity contribution in [1.29, 1.82) is 0 Å². The molecule has 4 N–H and O–H groups in total. The summed E-state index contributed by atoms with van der Waals surface area (Å²) < 4.78 is 1.73. The average Bonchev–Trinajstić information content (AvgIpc) is 3.41. The fourth-order valence-electron chi connectivity index (χ4n) is 5.19. The van der Waals surface area contributed by atoms with Gasteiger partial charge in [-0.05, 0) is 94.7 Å². The minimum Gasteiger partial charge on any atom is -0.356 e. The number of nitrogens with one attached hydrogen (secondary N) is 4. The van der Waals surface area contributed by atoms with Gasteiger partial charge >= 0.3 is 0 Å². The van der Waals surface area contributed by atoms with Crippen molar-refractivity contribution < 1.29 is 4.79 Å². The van der Waals surface area contributed by atoms with E-state index >= 15 is 0 Å². The molecule has 2 heterocycles. The predicted octanol–water partition coefficient (Wildman–Crippen LogP) is 6.08. The average molecular weight is 566 g/mol. The number of fused-ring (bicyclic) bond motifs is 1. The second-order valence-electron chi connectivity index (χ2n) is 10.8. The molecule has 2 aromatic heterocycles. The Morgan fingerprint density at radius 2 is 1.76 bits per heavy atom. The maximum Gasteiger partial charge on any atom is 0.255 e. The van der Waals surface area contributed by atoms with Gasteiger partial charge in [-0.2, -0.15) is 19.6 Å². The van der Waals surface area contributed by atoms with Gasteiger partial charge < -0.3 is 26.2 Å². The minimum absolute atomic E-state index is 0.208. The number of benzene rings is 2. The van der Waals surface area contributed by atoms with Crippen LogP contribution in [-0.2, 0) is 6.42 Å². The summed E-state index contributed by atoms with van der Waals surface area (Å²) in [6.45, 7) is 9.63. The topological polar surface area (TPSA) is 112 Å². The first kappa shape index (κ1) is 28.8. The highest BCUT2D eigenvalue weighted by Crippen LogP contribution is 2.26. The van der Waals surface area contributed by atoms with Crippen molar-refractivity contribution in [3.8, 4) is 0 Å². The monoisotopic (exact) mass is 565 g/mol. The number of nitrogens with zero attached hydrogens (tertiary/aromatic N) is 5. The smallest absolute Gasteiger partial charge is 0.255 e. The lowest BCUT2D eigenvalue weighted by atomic mass is 9.91. The molecule has 0 atom stereocenters. The zero-order valence-corrected chi connectivity index (χ0v) is 24.5. The fraction of sp³-hybridized carbons (Fsp3) is 0.312. The van der Waals surface area contributed by atoms with Crippen molar-refractivity contribution in [2.45, 2.75) is 51.1 Å². The maximum absolute atomic E-state index is 12.9. The van der Waals surface area contributed by atoms with E-state index < -0.39 is 0 Å². The van der Waals surface area contributed by atoms with E-state index in [2.05, 4.69) is 65.4 Å². The van der Waals surface area contributed by atoms with E-state index in [0.29, 0.717) is 40.9 Å².